The minimum absolute atomic E-state index is 0.0624. The molecule has 1 heterocycles. The summed E-state index contributed by atoms with van der Waals surface area (Å²) in [6.45, 7) is 1.69. The Bertz CT molecular complexity index is 1110. The van der Waals surface area contributed by atoms with Crippen molar-refractivity contribution in [1.29, 1.82) is 0 Å². The van der Waals surface area contributed by atoms with E-state index in [4.69, 9.17) is 0 Å². The third-order valence-electron chi connectivity index (χ3n) is 5.68. The highest BCUT2D eigenvalue weighted by atomic mass is 16.2. The Balaban J connectivity index is 1.35. The summed E-state index contributed by atoms with van der Waals surface area (Å²) in [7, 11) is 0. The Morgan fingerprint density at radius 1 is 0.844 bits per heavy atom. The monoisotopic (exact) mass is 427 g/mol. The topological polar surface area (TPSA) is 78.5 Å². The number of rotatable bonds is 7. The van der Waals surface area contributed by atoms with Crippen molar-refractivity contribution in [3.8, 4) is 11.1 Å². The van der Waals surface area contributed by atoms with E-state index in [1.54, 1.807) is 6.92 Å². The molecular weight excluding hydrogens is 402 g/mol. The summed E-state index contributed by atoms with van der Waals surface area (Å²) in [5.41, 5.74) is 5.42. The second-order valence-electron chi connectivity index (χ2n) is 8.16. The van der Waals surface area contributed by atoms with Crippen LogP contribution >= 0.6 is 0 Å². The smallest absolute Gasteiger partial charge is 0.322 e. The standard InChI is InChI=1S/C26H25N3O3/c1-26(17-16-19-8-4-2-5-9-19)24(31)29(25(32)27-26)28-23(30)18-20-12-14-22(15-13-20)21-10-6-3-7-11-21/h2-15H,16-18H2,1H3,(H,27,32)(H,28,30). The molecule has 1 unspecified atom stereocenters. The molecule has 32 heavy (non-hydrogen) atoms. The molecular formula is C26H25N3O3. The molecule has 1 aliphatic heterocycles. The molecule has 1 saturated heterocycles. The van der Waals surface area contributed by atoms with E-state index in [1.165, 1.54) is 0 Å². The lowest BCUT2D eigenvalue weighted by Crippen LogP contribution is -2.49. The van der Waals surface area contributed by atoms with Crippen LogP contribution < -0.4 is 10.7 Å². The Labute approximate surface area is 187 Å². The van der Waals surface area contributed by atoms with Gasteiger partial charge in [0.1, 0.15) is 5.54 Å². The number of hydrazine groups is 1. The predicted octanol–water partition coefficient (Wildman–Crippen LogP) is 3.87. The SMILES string of the molecule is CC1(CCc2ccccc2)NC(=O)N(NC(=O)Cc2ccc(-c3ccccc3)cc2)C1=O. The third kappa shape index (κ3) is 4.70. The fourth-order valence-corrected chi connectivity index (χ4v) is 3.79. The second kappa shape index (κ2) is 9.06. The zero-order valence-electron chi connectivity index (χ0n) is 17.9. The van der Waals surface area contributed by atoms with Crippen LogP contribution in [0.25, 0.3) is 11.1 Å². The van der Waals surface area contributed by atoms with Gasteiger partial charge < -0.3 is 5.32 Å². The molecule has 0 aliphatic carbocycles. The highest BCUT2D eigenvalue weighted by Gasteiger charge is 2.48. The lowest BCUT2D eigenvalue weighted by atomic mass is 9.93. The molecule has 0 radical (unpaired) electrons. The van der Waals surface area contributed by atoms with E-state index >= 15 is 0 Å². The van der Waals surface area contributed by atoms with Crippen molar-refractivity contribution in [2.45, 2.75) is 31.7 Å². The van der Waals surface area contributed by atoms with Gasteiger partial charge in [-0.25, -0.2) is 4.79 Å². The normalized spacial score (nSPS) is 17.8. The molecule has 162 valence electrons. The predicted molar refractivity (Wildman–Crippen MR) is 122 cm³/mol. The van der Waals surface area contributed by atoms with Gasteiger partial charge in [-0.2, -0.15) is 5.01 Å². The quantitative estimate of drug-likeness (QED) is 0.562. The van der Waals surface area contributed by atoms with Gasteiger partial charge in [-0.3, -0.25) is 15.0 Å². The lowest BCUT2D eigenvalue weighted by Gasteiger charge is -2.21. The van der Waals surface area contributed by atoms with Crippen molar-refractivity contribution in [3.05, 3.63) is 96.1 Å². The highest BCUT2D eigenvalue weighted by Crippen LogP contribution is 2.23. The van der Waals surface area contributed by atoms with Gasteiger partial charge in [0.2, 0.25) is 5.91 Å². The molecule has 4 amide bonds. The molecule has 3 aromatic rings. The number of nitrogens with one attached hydrogen (secondary N) is 2. The number of nitrogens with zero attached hydrogens (tertiary/aromatic N) is 1. The number of benzene rings is 3. The van der Waals surface area contributed by atoms with Gasteiger partial charge in [0.15, 0.2) is 0 Å². The number of aryl methyl sites for hydroxylation is 1. The van der Waals surface area contributed by atoms with Crippen LogP contribution in [0.1, 0.15) is 24.5 Å². The number of hydrogen-bond acceptors (Lipinski definition) is 3. The first-order valence-electron chi connectivity index (χ1n) is 10.6. The van der Waals surface area contributed by atoms with Crippen molar-refractivity contribution in [1.82, 2.24) is 15.8 Å². The molecule has 0 saturated carbocycles. The second-order valence-corrected chi connectivity index (χ2v) is 8.16. The number of urea groups is 1. The molecule has 6 heteroatoms. The Morgan fingerprint density at radius 2 is 1.44 bits per heavy atom. The first-order valence-corrected chi connectivity index (χ1v) is 10.6. The zero-order valence-corrected chi connectivity index (χ0v) is 17.9. The molecule has 1 fully saturated rings. The van der Waals surface area contributed by atoms with E-state index in [2.05, 4.69) is 10.7 Å². The van der Waals surface area contributed by atoms with E-state index in [0.717, 1.165) is 27.3 Å². The number of hydrogen-bond donors (Lipinski definition) is 2. The zero-order chi connectivity index (χ0) is 22.6. The lowest BCUT2D eigenvalue weighted by molar-refractivity contribution is -0.138. The Kier molecular flexibility index (Phi) is 6.03. The number of carbonyl (C=O) groups is 3. The number of carbonyl (C=O) groups excluding carboxylic acids is 3. The molecule has 0 bridgehead atoms. The van der Waals surface area contributed by atoms with Crippen LogP contribution in [-0.2, 0) is 22.4 Å². The molecule has 1 atom stereocenters. The summed E-state index contributed by atoms with van der Waals surface area (Å²) < 4.78 is 0. The summed E-state index contributed by atoms with van der Waals surface area (Å²) in [5, 5.41) is 3.52. The maximum atomic E-state index is 12.9. The maximum absolute atomic E-state index is 12.9. The van der Waals surface area contributed by atoms with E-state index in [9.17, 15) is 14.4 Å². The molecule has 0 aromatic heterocycles. The van der Waals surface area contributed by atoms with E-state index in [1.807, 2.05) is 84.9 Å². The van der Waals surface area contributed by atoms with Crippen LogP contribution in [0.4, 0.5) is 4.79 Å². The molecule has 2 N–H and O–H groups in total. The highest BCUT2D eigenvalue weighted by molar-refractivity contribution is 6.07. The summed E-state index contributed by atoms with van der Waals surface area (Å²) in [4.78, 5) is 37.8. The summed E-state index contributed by atoms with van der Waals surface area (Å²) in [6.07, 6.45) is 1.14. The summed E-state index contributed by atoms with van der Waals surface area (Å²) >= 11 is 0. The van der Waals surface area contributed by atoms with Crippen LogP contribution in [0.3, 0.4) is 0 Å². The van der Waals surface area contributed by atoms with Gasteiger partial charge in [-0.15, -0.1) is 0 Å². The first kappa shape index (κ1) is 21.3. The number of amides is 4. The van der Waals surface area contributed by atoms with Crippen LogP contribution in [0, 0.1) is 0 Å². The van der Waals surface area contributed by atoms with E-state index in [0.29, 0.717) is 12.8 Å². The van der Waals surface area contributed by atoms with Crippen LogP contribution in [0.5, 0.6) is 0 Å². The van der Waals surface area contributed by atoms with Crippen molar-refractivity contribution in [3.63, 3.8) is 0 Å². The molecule has 6 nitrogen and oxygen atoms in total. The summed E-state index contributed by atoms with van der Waals surface area (Å²) in [5.74, 6) is -0.875. The Hall–Kier alpha value is -3.93. The molecule has 4 rings (SSSR count). The number of imide groups is 1. The van der Waals surface area contributed by atoms with Crippen LogP contribution in [-0.4, -0.2) is 28.4 Å². The minimum atomic E-state index is -1.06. The first-order chi connectivity index (χ1) is 15.4. The van der Waals surface area contributed by atoms with Crippen molar-refractivity contribution < 1.29 is 14.4 Å². The van der Waals surface area contributed by atoms with Crippen molar-refractivity contribution >= 4 is 17.8 Å². The fourth-order valence-electron chi connectivity index (χ4n) is 3.79. The van der Waals surface area contributed by atoms with E-state index in [-0.39, 0.29) is 6.42 Å². The van der Waals surface area contributed by atoms with Gasteiger partial charge in [-0.05, 0) is 42.0 Å². The van der Waals surface area contributed by atoms with Crippen LogP contribution in [0.15, 0.2) is 84.9 Å². The molecule has 3 aromatic carbocycles. The largest absolute Gasteiger partial charge is 0.344 e. The van der Waals surface area contributed by atoms with Gasteiger partial charge in [0.05, 0.1) is 6.42 Å². The molecule has 1 aliphatic rings. The van der Waals surface area contributed by atoms with Gasteiger partial charge in [-0.1, -0.05) is 84.9 Å². The average molecular weight is 428 g/mol. The van der Waals surface area contributed by atoms with Gasteiger partial charge in [0.25, 0.3) is 5.91 Å². The third-order valence-corrected chi connectivity index (χ3v) is 5.68. The minimum Gasteiger partial charge on any atom is -0.322 e. The Morgan fingerprint density at radius 3 is 2.09 bits per heavy atom. The maximum Gasteiger partial charge on any atom is 0.344 e. The van der Waals surface area contributed by atoms with Crippen molar-refractivity contribution in [2.24, 2.45) is 0 Å². The van der Waals surface area contributed by atoms with Crippen molar-refractivity contribution in [2.75, 3.05) is 0 Å². The summed E-state index contributed by atoms with van der Waals surface area (Å²) in [6, 6.07) is 26.8. The van der Waals surface area contributed by atoms with Crippen LogP contribution in [0.2, 0.25) is 0 Å². The van der Waals surface area contributed by atoms with Gasteiger partial charge >= 0.3 is 6.03 Å². The molecule has 0 spiro atoms. The fraction of sp³-hybridized carbons (Fsp3) is 0.192. The van der Waals surface area contributed by atoms with E-state index < -0.39 is 23.4 Å². The average Bonchev–Trinajstić information content (AvgIpc) is 3.03. The van der Waals surface area contributed by atoms with Gasteiger partial charge in [0, 0.05) is 0 Å².